The number of aromatic nitrogens is 1. The van der Waals surface area contributed by atoms with Crippen molar-refractivity contribution in [3.63, 3.8) is 0 Å². The van der Waals surface area contributed by atoms with Crippen molar-refractivity contribution in [3.05, 3.63) is 71.0 Å². The number of nitrogens with one attached hydrogen (secondary N) is 1. The molecule has 1 unspecified atom stereocenters. The first-order valence-electron chi connectivity index (χ1n) is 10.5. The zero-order chi connectivity index (χ0) is 23.3. The largest absolute Gasteiger partial charge is 0.454 e. The Bertz CT molecular complexity index is 1390. The molecule has 5 rings (SSSR count). The number of Topliss-reactive ketones (excluding diaryl/α,β-unsaturated/α-hetero) is 1. The topological polar surface area (TPSA) is 104 Å². The first kappa shape index (κ1) is 21.3. The highest BCUT2D eigenvalue weighted by molar-refractivity contribution is 7.90. The average Bonchev–Trinajstić information content (AvgIpc) is 3.37. The number of carbonyl (C=O) groups excluding carboxylic acids is 2. The highest BCUT2D eigenvalue weighted by Crippen LogP contribution is 2.36. The van der Waals surface area contributed by atoms with Crippen molar-refractivity contribution >= 4 is 21.7 Å². The summed E-state index contributed by atoms with van der Waals surface area (Å²) in [6.45, 7) is 3.89. The van der Waals surface area contributed by atoms with Crippen LogP contribution in [0.25, 0.3) is 5.69 Å². The Kier molecular flexibility index (Phi) is 5.01. The molecule has 0 spiro atoms. The van der Waals surface area contributed by atoms with Gasteiger partial charge in [-0.1, -0.05) is 17.7 Å². The fourth-order valence-electron chi connectivity index (χ4n) is 4.36. The molecule has 1 atom stereocenters. The Morgan fingerprint density at radius 2 is 1.76 bits per heavy atom. The van der Waals surface area contributed by atoms with Gasteiger partial charge < -0.3 is 14.0 Å². The standard InChI is InChI=1S/C24H22N2O6S/c1-14-3-6-17(7-4-14)33(29,30)25-24(28)18-8-9-20-19(23(18)27)11-15(2)26(20)16-5-10-21-22(12-16)32-13-31-21/h3-7,10-12,18H,8-9,13H2,1-2H3,(H,25,28). The van der Waals surface area contributed by atoms with Gasteiger partial charge in [-0.3, -0.25) is 9.59 Å². The van der Waals surface area contributed by atoms with Gasteiger partial charge in [0.1, 0.15) is 5.92 Å². The molecule has 2 aliphatic rings. The van der Waals surface area contributed by atoms with E-state index in [0.29, 0.717) is 23.5 Å². The van der Waals surface area contributed by atoms with Crippen LogP contribution in [-0.4, -0.2) is 31.5 Å². The maximum atomic E-state index is 13.2. The summed E-state index contributed by atoms with van der Waals surface area (Å²) in [5.74, 6) is -0.949. The summed E-state index contributed by atoms with van der Waals surface area (Å²) in [6.07, 6.45) is 0.668. The predicted octanol–water partition coefficient (Wildman–Crippen LogP) is 3.07. The molecule has 1 amide bonds. The van der Waals surface area contributed by atoms with Crippen LogP contribution in [-0.2, 0) is 21.2 Å². The molecule has 33 heavy (non-hydrogen) atoms. The van der Waals surface area contributed by atoms with Crippen LogP contribution in [0.1, 0.15) is 33.7 Å². The Morgan fingerprint density at radius 3 is 2.52 bits per heavy atom. The zero-order valence-electron chi connectivity index (χ0n) is 18.1. The SMILES string of the molecule is Cc1ccc(S(=O)(=O)NC(=O)C2CCc3c(cc(C)n3-c3ccc4c(c3)OCO4)C2=O)cc1. The van der Waals surface area contributed by atoms with Crippen LogP contribution < -0.4 is 14.2 Å². The van der Waals surface area contributed by atoms with Gasteiger partial charge in [0.25, 0.3) is 10.0 Å². The summed E-state index contributed by atoms with van der Waals surface area (Å²) in [4.78, 5) is 26.0. The lowest BCUT2D eigenvalue weighted by Crippen LogP contribution is -2.41. The van der Waals surface area contributed by atoms with Gasteiger partial charge in [0.15, 0.2) is 17.3 Å². The van der Waals surface area contributed by atoms with Crippen molar-refractivity contribution in [1.82, 2.24) is 9.29 Å². The van der Waals surface area contributed by atoms with Crippen LogP contribution in [0.3, 0.4) is 0 Å². The summed E-state index contributed by atoms with van der Waals surface area (Å²) in [5, 5.41) is 0. The van der Waals surface area contributed by atoms with E-state index in [1.165, 1.54) is 12.1 Å². The number of aryl methyl sites for hydroxylation is 2. The maximum Gasteiger partial charge on any atom is 0.264 e. The Morgan fingerprint density at radius 1 is 1.03 bits per heavy atom. The third kappa shape index (κ3) is 3.68. The molecule has 0 bridgehead atoms. The molecule has 3 aromatic rings. The number of ether oxygens (including phenoxy) is 2. The van der Waals surface area contributed by atoms with Crippen molar-refractivity contribution in [2.45, 2.75) is 31.6 Å². The Hall–Kier alpha value is -3.59. The van der Waals surface area contributed by atoms with Gasteiger partial charge in [-0.25, -0.2) is 13.1 Å². The number of fused-ring (bicyclic) bond motifs is 2. The van der Waals surface area contributed by atoms with Crippen LogP contribution in [0.5, 0.6) is 11.5 Å². The molecule has 2 heterocycles. The molecule has 0 radical (unpaired) electrons. The second-order valence-electron chi connectivity index (χ2n) is 8.26. The number of ketones is 1. The second kappa shape index (κ2) is 7.77. The summed E-state index contributed by atoms with van der Waals surface area (Å²) >= 11 is 0. The molecule has 1 N–H and O–H groups in total. The van der Waals surface area contributed by atoms with Gasteiger partial charge in [0.05, 0.1) is 4.90 Å². The predicted molar refractivity (Wildman–Crippen MR) is 119 cm³/mol. The minimum Gasteiger partial charge on any atom is -0.454 e. The molecule has 8 nitrogen and oxygen atoms in total. The number of hydrogen-bond acceptors (Lipinski definition) is 6. The number of hydrogen-bond donors (Lipinski definition) is 1. The lowest BCUT2D eigenvalue weighted by atomic mass is 9.86. The summed E-state index contributed by atoms with van der Waals surface area (Å²) in [5.41, 5.74) is 3.79. The molecule has 2 aromatic carbocycles. The van der Waals surface area contributed by atoms with Gasteiger partial charge in [0, 0.05) is 28.7 Å². The quantitative estimate of drug-likeness (QED) is 0.593. The monoisotopic (exact) mass is 466 g/mol. The smallest absolute Gasteiger partial charge is 0.264 e. The van der Waals surface area contributed by atoms with Gasteiger partial charge in [0.2, 0.25) is 12.7 Å². The minimum absolute atomic E-state index is 0.0183. The number of sulfonamides is 1. The van der Waals surface area contributed by atoms with Crippen molar-refractivity contribution < 1.29 is 27.5 Å². The van der Waals surface area contributed by atoms with E-state index in [1.54, 1.807) is 18.2 Å². The lowest BCUT2D eigenvalue weighted by molar-refractivity contribution is -0.122. The molecule has 170 valence electrons. The summed E-state index contributed by atoms with van der Waals surface area (Å²) < 4.78 is 40.1. The van der Waals surface area contributed by atoms with Gasteiger partial charge >= 0.3 is 0 Å². The molecule has 0 saturated carbocycles. The van der Waals surface area contributed by atoms with Crippen molar-refractivity contribution in [3.8, 4) is 17.2 Å². The van der Waals surface area contributed by atoms with Crippen molar-refractivity contribution in [2.75, 3.05) is 6.79 Å². The van der Waals surface area contributed by atoms with E-state index < -0.39 is 21.8 Å². The van der Waals surface area contributed by atoms with Gasteiger partial charge in [-0.05, 0) is 57.0 Å². The molecule has 0 fully saturated rings. The molecule has 1 aliphatic heterocycles. The highest BCUT2D eigenvalue weighted by Gasteiger charge is 2.37. The Labute approximate surface area is 191 Å². The maximum absolute atomic E-state index is 13.2. The van der Waals surface area contributed by atoms with Gasteiger partial charge in [-0.15, -0.1) is 0 Å². The first-order valence-corrected chi connectivity index (χ1v) is 12.0. The molecule has 1 aliphatic carbocycles. The van der Waals surface area contributed by atoms with Crippen LogP contribution >= 0.6 is 0 Å². The van der Waals surface area contributed by atoms with E-state index in [9.17, 15) is 18.0 Å². The molecule has 9 heteroatoms. The van der Waals surface area contributed by atoms with Crippen LogP contribution in [0.4, 0.5) is 0 Å². The number of carbonyl (C=O) groups is 2. The summed E-state index contributed by atoms with van der Waals surface area (Å²) in [6, 6.07) is 13.5. The minimum atomic E-state index is -4.06. The van der Waals surface area contributed by atoms with E-state index in [2.05, 4.69) is 4.72 Å². The highest BCUT2D eigenvalue weighted by atomic mass is 32.2. The van der Waals surface area contributed by atoms with Crippen LogP contribution in [0.2, 0.25) is 0 Å². The van der Waals surface area contributed by atoms with E-state index in [0.717, 1.165) is 22.6 Å². The fourth-order valence-corrected chi connectivity index (χ4v) is 5.38. The molecule has 1 aromatic heterocycles. The lowest BCUT2D eigenvalue weighted by Gasteiger charge is -2.22. The first-order chi connectivity index (χ1) is 15.7. The Balaban J connectivity index is 1.41. The molecule has 0 saturated heterocycles. The second-order valence-corrected chi connectivity index (χ2v) is 9.94. The van der Waals surface area contributed by atoms with Crippen LogP contribution in [0.15, 0.2) is 53.4 Å². The van der Waals surface area contributed by atoms with E-state index in [4.69, 9.17) is 9.47 Å². The van der Waals surface area contributed by atoms with Gasteiger partial charge in [-0.2, -0.15) is 0 Å². The average molecular weight is 467 g/mol. The molecular formula is C24H22N2O6S. The number of amides is 1. The van der Waals surface area contributed by atoms with Crippen molar-refractivity contribution in [1.29, 1.82) is 0 Å². The third-order valence-electron chi connectivity index (χ3n) is 6.04. The van der Waals surface area contributed by atoms with E-state index in [-0.39, 0.29) is 23.9 Å². The van der Waals surface area contributed by atoms with Crippen molar-refractivity contribution in [2.24, 2.45) is 5.92 Å². The summed E-state index contributed by atoms with van der Waals surface area (Å²) in [7, 11) is -4.06. The molecular weight excluding hydrogens is 444 g/mol. The van der Waals surface area contributed by atoms with E-state index in [1.807, 2.05) is 36.6 Å². The number of nitrogens with zero attached hydrogens (tertiary/aromatic N) is 1. The van der Waals surface area contributed by atoms with E-state index >= 15 is 0 Å². The third-order valence-corrected chi connectivity index (χ3v) is 7.40. The zero-order valence-corrected chi connectivity index (χ0v) is 18.9. The van der Waals surface area contributed by atoms with Crippen LogP contribution in [0, 0.1) is 19.8 Å². The number of rotatable bonds is 4. The number of benzene rings is 2. The fraction of sp³-hybridized carbons (Fsp3) is 0.250. The normalized spacial score (nSPS) is 17.0.